The fraction of sp³-hybridized carbons (Fsp3) is 0.459. The first-order valence-electron chi connectivity index (χ1n) is 16.0. The van der Waals surface area contributed by atoms with Gasteiger partial charge in [-0.05, 0) is 95.2 Å². The molecule has 236 valence electrons. The number of nitrogens with zero attached hydrogens (tertiary/aromatic N) is 2. The van der Waals surface area contributed by atoms with Gasteiger partial charge in [0.1, 0.15) is 0 Å². The molecule has 0 aliphatic carbocycles. The second kappa shape index (κ2) is 16.5. The molecular formula is C37H47Cl2N3O2. The lowest BCUT2D eigenvalue weighted by atomic mass is 9.88. The van der Waals surface area contributed by atoms with Crippen molar-refractivity contribution in [2.24, 2.45) is 11.8 Å². The van der Waals surface area contributed by atoms with Crippen LogP contribution in [0.1, 0.15) is 80.8 Å². The van der Waals surface area contributed by atoms with Gasteiger partial charge in [0.25, 0.3) is 5.91 Å². The molecule has 0 spiro atoms. The summed E-state index contributed by atoms with van der Waals surface area (Å²) in [5, 5.41) is 3.85. The third-order valence-corrected chi connectivity index (χ3v) is 9.71. The maximum absolute atomic E-state index is 14.3. The molecule has 0 radical (unpaired) electrons. The number of amides is 2. The Hall–Kier alpha value is -2.86. The van der Waals surface area contributed by atoms with E-state index < -0.39 is 0 Å². The molecule has 1 heterocycles. The summed E-state index contributed by atoms with van der Waals surface area (Å²) in [4.78, 5) is 31.7. The fourth-order valence-electron chi connectivity index (χ4n) is 6.55. The minimum Gasteiger partial charge on any atom is -0.352 e. The number of hydrogen-bond donors (Lipinski definition) is 1. The second-order valence-corrected chi connectivity index (χ2v) is 13.4. The molecule has 1 saturated heterocycles. The van der Waals surface area contributed by atoms with E-state index in [0.29, 0.717) is 46.7 Å². The Kier molecular flexibility index (Phi) is 12.7. The average molecular weight is 637 g/mol. The van der Waals surface area contributed by atoms with Gasteiger partial charge in [-0.2, -0.15) is 0 Å². The van der Waals surface area contributed by atoms with Crippen LogP contribution in [0.2, 0.25) is 10.0 Å². The van der Waals surface area contributed by atoms with Crippen LogP contribution in [-0.2, 0) is 4.79 Å². The van der Waals surface area contributed by atoms with Crippen LogP contribution in [0.15, 0.2) is 78.9 Å². The summed E-state index contributed by atoms with van der Waals surface area (Å²) >= 11 is 12.2. The molecule has 2 atom stereocenters. The first kappa shape index (κ1) is 34.0. The zero-order chi connectivity index (χ0) is 31.6. The Balaban J connectivity index is 1.50. The number of carbonyl (C=O) groups excluding carboxylic acids is 2. The van der Waals surface area contributed by atoms with E-state index in [1.54, 1.807) is 18.2 Å². The van der Waals surface area contributed by atoms with E-state index in [-0.39, 0.29) is 23.7 Å². The van der Waals surface area contributed by atoms with E-state index in [0.717, 1.165) is 38.8 Å². The van der Waals surface area contributed by atoms with Crippen LogP contribution < -0.4 is 5.32 Å². The Bertz CT molecular complexity index is 1300. The first-order chi connectivity index (χ1) is 21.1. The Morgan fingerprint density at radius 3 is 2.07 bits per heavy atom. The molecule has 2 unspecified atom stereocenters. The molecule has 7 heteroatoms. The van der Waals surface area contributed by atoms with Crippen molar-refractivity contribution in [2.45, 2.75) is 71.4 Å². The molecule has 5 nitrogen and oxygen atoms in total. The van der Waals surface area contributed by atoms with Gasteiger partial charge in [0.05, 0.1) is 10.0 Å². The number of rotatable bonds is 13. The average Bonchev–Trinajstić information content (AvgIpc) is 3.15. The lowest BCUT2D eigenvalue weighted by Gasteiger charge is -2.33. The SMILES string of the molecule is CC(C)N(CCC1CC(CCNC(=O)c2ccc(Cl)c(Cl)c2)CCN(CC(c2ccccc2)c2ccccc2)C1=O)C(C)C. The van der Waals surface area contributed by atoms with E-state index >= 15 is 0 Å². The summed E-state index contributed by atoms with van der Waals surface area (Å²) in [5.41, 5.74) is 2.94. The molecule has 2 amide bonds. The van der Waals surface area contributed by atoms with Gasteiger partial charge in [0.2, 0.25) is 5.91 Å². The van der Waals surface area contributed by atoms with Crippen molar-refractivity contribution >= 4 is 35.0 Å². The number of nitrogens with one attached hydrogen (secondary N) is 1. The van der Waals surface area contributed by atoms with E-state index in [2.05, 4.69) is 91.3 Å². The fourth-order valence-corrected chi connectivity index (χ4v) is 6.85. The first-order valence-corrected chi connectivity index (χ1v) is 16.8. The van der Waals surface area contributed by atoms with Crippen LogP contribution in [0.25, 0.3) is 0 Å². The lowest BCUT2D eigenvalue weighted by Crippen LogP contribution is -2.41. The molecule has 1 N–H and O–H groups in total. The molecule has 44 heavy (non-hydrogen) atoms. The van der Waals surface area contributed by atoms with E-state index in [1.165, 1.54) is 11.1 Å². The molecule has 3 aromatic carbocycles. The van der Waals surface area contributed by atoms with Gasteiger partial charge in [-0.25, -0.2) is 0 Å². The highest BCUT2D eigenvalue weighted by Crippen LogP contribution is 2.32. The minimum atomic E-state index is -0.162. The highest BCUT2D eigenvalue weighted by Gasteiger charge is 2.33. The monoisotopic (exact) mass is 635 g/mol. The van der Waals surface area contributed by atoms with Crippen LogP contribution >= 0.6 is 23.2 Å². The number of likely N-dealkylation sites (tertiary alicyclic amines) is 1. The van der Waals surface area contributed by atoms with Crippen LogP contribution in [0.3, 0.4) is 0 Å². The zero-order valence-electron chi connectivity index (χ0n) is 26.5. The molecule has 0 bridgehead atoms. The molecule has 4 rings (SSSR count). The van der Waals surface area contributed by atoms with Crippen molar-refractivity contribution < 1.29 is 9.59 Å². The zero-order valence-corrected chi connectivity index (χ0v) is 28.0. The van der Waals surface area contributed by atoms with Gasteiger partial charge >= 0.3 is 0 Å². The van der Waals surface area contributed by atoms with E-state index in [4.69, 9.17) is 23.2 Å². The Labute approximate surface area is 273 Å². The highest BCUT2D eigenvalue weighted by atomic mass is 35.5. The third kappa shape index (κ3) is 9.32. The molecule has 1 fully saturated rings. The van der Waals surface area contributed by atoms with Gasteiger partial charge in [-0.1, -0.05) is 83.9 Å². The predicted molar refractivity (Wildman–Crippen MR) is 183 cm³/mol. The second-order valence-electron chi connectivity index (χ2n) is 12.6. The van der Waals surface area contributed by atoms with Gasteiger partial charge in [0, 0.05) is 49.1 Å². The van der Waals surface area contributed by atoms with Gasteiger partial charge in [0.15, 0.2) is 0 Å². The third-order valence-electron chi connectivity index (χ3n) is 8.98. The summed E-state index contributed by atoms with van der Waals surface area (Å²) in [6.45, 7) is 11.7. The van der Waals surface area contributed by atoms with Gasteiger partial charge in [-0.15, -0.1) is 0 Å². The van der Waals surface area contributed by atoms with Crippen molar-refractivity contribution in [3.63, 3.8) is 0 Å². The predicted octanol–water partition coefficient (Wildman–Crippen LogP) is 8.31. The molecular weight excluding hydrogens is 589 g/mol. The number of carbonyl (C=O) groups is 2. The molecule has 3 aromatic rings. The van der Waals surface area contributed by atoms with E-state index in [1.807, 2.05) is 12.1 Å². The topological polar surface area (TPSA) is 52.7 Å². The smallest absolute Gasteiger partial charge is 0.251 e. The summed E-state index contributed by atoms with van der Waals surface area (Å²) in [6.07, 6.45) is 3.41. The standard InChI is InChI=1S/C37H47Cl2N3O2/c1-26(2)42(27(3)4)22-19-32-23-28(17-20-40-36(43)31-15-16-34(38)35(39)24-31)18-21-41(37(32)44)25-33(29-11-7-5-8-12-29)30-13-9-6-10-14-30/h5-16,24,26-28,32-33H,17-23,25H2,1-4H3,(H,40,43). The van der Waals surface area contributed by atoms with Crippen LogP contribution in [0, 0.1) is 11.8 Å². The Morgan fingerprint density at radius 1 is 0.886 bits per heavy atom. The normalized spacial score (nSPS) is 17.5. The molecule has 1 aliphatic heterocycles. The van der Waals surface area contributed by atoms with Crippen LogP contribution in [-0.4, -0.2) is 59.9 Å². The van der Waals surface area contributed by atoms with Gasteiger partial charge < -0.3 is 10.2 Å². The van der Waals surface area contributed by atoms with Crippen molar-refractivity contribution in [2.75, 3.05) is 26.2 Å². The summed E-state index contributed by atoms with van der Waals surface area (Å²) in [5.74, 6) is 0.482. The maximum atomic E-state index is 14.3. The van der Waals surface area contributed by atoms with Crippen molar-refractivity contribution in [3.8, 4) is 0 Å². The number of halogens is 2. The van der Waals surface area contributed by atoms with Gasteiger partial charge in [-0.3, -0.25) is 14.5 Å². The Morgan fingerprint density at radius 2 is 1.50 bits per heavy atom. The minimum absolute atomic E-state index is 0.0551. The molecule has 1 aliphatic rings. The van der Waals surface area contributed by atoms with Crippen molar-refractivity contribution in [1.29, 1.82) is 0 Å². The van der Waals surface area contributed by atoms with Crippen LogP contribution in [0.4, 0.5) is 0 Å². The van der Waals surface area contributed by atoms with Crippen molar-refractivity contribution in [3.05, 3.63) is 106 Å². The number of benzene rings is 3. The largest absolute Gasteiger partial charge is 0.352 e. The summed E-state index contributed by atoms with van der Waals surface area (Å²) in [7, 11) is 0. The molecule has 0 saturated carbocycles. The molecule has 0 aromatic heterocycles. The summed E-state index contributed by atoms with van der Waals surface area (Å²) in [6, 6.07) is 26.8. The number of hydrogen-bond acceptors (Lipinski definition) is 3. The summed E-state index contributed by atoms with van der Waals surface area (Å²) < 4.78 is 0. The van der Waals surface area contributed by atoms with E-state index in [9.17, 15) is 9.59 Å². The van der Waals surface area contributed by atoms with Crippen molar-refractivity contribution in [1.82, 2.24) is 15.1 Å². The highest BCUT2D eigenvalue weighted by molar-refractivity contribution is 6.42. The maximum Gasteiger partial charge on any atom is 0.251 e. The lowest BCUT2D eigenvalue weighted by molar-refractivity contribution is -0.135. The van der Waals surface area contributed by atoms with Crippen LogP contribution in [0.5, 0.6) is 0 Å². The quantitative estimate of drug-likeness (QED) is 0.205.